The van der Waals surface area contributed by atoms with E-state index < -0.39 is 0 Å². The molecule has 0 aliphatic carbocycles. The lowest BCUT2D eigenvalue weighted by molar-refractivity contribution is 1.59. The van der Waals surface area contributed by atoms with Gasteiger partial charge in [0.1, 0.15) is 94.2 Å². The van der Waals surface area contributed by atoms with E-state index in [0.717, 1.165) is 0 Å². The molecule has 0 saturated heterocycles. The standard InChI is InChI=1S/C20H6B12/c1-3-9(21)13(25)5(14(26)10(3)22)7-17(29)19(31)8(20(32)18(7)30)6-15(27)11(23)4(2)12(24)16(6)28/h1-2H3. The molecule has 0 fully saturated rings. The fraction of sp³-hybridized carbons (Fsp3) is 0.100. The average Bonchev–Trinajstić information content (AvgIpc) is 2.76. The summed E-state index contributed by atoms with van der Waals surface area (Å²) in [5, 5.41) is 0. The molecule has 0 spiro atoms. The molecule has 3 aromatic carbocycles. The van der Waals surface area contributed by atoms with Crippen molar-refractivity contribution < 1.29 is 0 Å². The van der Waals surface area contributed by atoms with Crippen LogP contribution in [0.15, 0.2) is 0 Å². The lowest BCUT2D eigenvalue weighted by atomic mass is 9.55. The van der Waals surface area contributed by atoms with Gasteiger partial charge in [-0.05, 0) is 36.1 Å². The summed E-state index contributed by atoms with van der Waals surface area (Å²) < 4.78 is 0. The summed E-state index contributed by atoms with van der Waals surface area (Å²) in [4.78, 5) is 0. The number of rotatable bonds is 2. The first-order chi connectivity index (χ1) is 14.7. The van der Waals surface area contributed by atoms with Gasteiger partial charge in [0, 0.05) is 0 Å². The average molecular weight is 376 g/mol. The van der Waals surface area contributed by atoms with Gasteiger partial charge in [-0.2, -0.15) is 0 Å². The fourth-order valence-corrected chi connectivity index (χ4v) is 3.83. The maximum absolute atomic E-state index is 6.41. The third-order valence-corrected chi connectivity index (χ3v) is 6.01. The van der Waals surface area contributed by atoms with Gasteiger partial charge in [-0.25, -0.2) is 0 Å². The molecule has 24 radical (unpaired) electrons. The van der Waals surface area contributed by atoms with Crippen molar-refractivity contribution >= 4 is 160 Å². The van der Waals surface area contributed by atoms with E-state index in [4.69, 9.17) is 94.2 Å². The Morgan fingerprint density at radius 3 is 0.531 bits per heavy atom. The largest absolute Gasteiger partial charge is 0.113 e. The van der Waals surface area contributed by atoms with Crippen molar-refractivity contribution in [3.63, 3.8) is 0 Å². The summed E-state index contributed by atoms with van der Waals surface area (Å²) in [7, 11) is 75.1. The summed E-state index contributed by atoms with van der Waals surface area (Å²) in [5.74, 6) is 0. The maximum Gasteiger partial charge on any atom is 0.113 e. The topological polar surface area (TPSA) is 0 Å². The number of hydrogen-bond donors (Lipinski definition) is 0. The Morgan fingerprint density at radius 2 is 0.375 bits per heavy atom. The Balaban J connectivity index is 2.50. The van der Waals surface area contributed by atoms with Crippen LogP contribution in [0.2, 0.25) is 0 Å². The molecule has 0 heterocycles. The molecule has 3 rings (SSSR count). The van der Waals surface area contributed by atoms with Gasteiger partial charge in [0.2, 0.25) is 0 Å². The van der Waals surface area contributed by atoms with Crippen molar-refractivity contribution in [2.24, 2.45) is 0 Å². The van der Waals surface area contributed by atoms with Gasteiger partial charge in [-0.15, -0.1) is 21.9 Å². The first-order valence-electron chi connectivity index (χ1n) is 9.46. The highest BCUT2D eigenvalue weighted by atomic mass is 14.2. The Morgan fingerprint density at radius 1 is 0.250 bits per heavy atom. The van der Waals surface area contributed by atoms with E-state index in [1.807, 2.05) is 0 Å². The molecular weight excluding hydrogens is 370 g/mol. The van der Waals surface area contributed by atoms with Crippen molar-refractivity contribution in [2.45, 2.75) is 13.8 Å². The highest BCUT2D eigenvalue weighted by molar-refractivity contribution is 6.68. The van der Waals surface area contributed by atoms with Gasteiger partial charge in [0.05, 0.1) is 0 Å². The Kier molecular flexibility index (Phi) is 6.78. The second-order valence-corrected chi connectivity index (χ2v) is 7.71. The summed E-state index contributed by atoms with van der Waals surface area (Å²) >= 11 is 0. The van der Waals surface area contributed by atoms with Crippen molar-refractivity contribution in [1.29, 1.82) is 0 Å². The Bertz CT molecular complexity index is 1120. The van der Waals surface area contributed by atoms with Crippen molar-refractivity contribution in [2.75, 3.05) is 0 Å². The molecule has 12 heteroatoms. The van der Waals surface area contributed by atoms with Crippen LogP contribution in [-0.2, 0) is 0 Å². The Hall–Kier alpha value is -1.56. The second-order valence-electron chi connectivity index (χ2n) is 7.71. The van der Waals surface area contributed by atoms with Gasteiger partial charge in [-0.1, -0.05) is 54.8 Å². The van der Waals surface area contributed by atoms with Crippen LogP contribution in [0.1, 0.15) is 11.1 Å². The van der Waals surface area contributed by atoms with Crippen LogP contribution in [-0.4, -0.2) is 94.2 Å². The molecule has 0 aromatic heterocycles. The molecule has 0 saturated carbocycles. The van der Waals surface area contributed by atoms with E-state index in [2.05, 4.69) is 0 Å². The SMILES string of the molecule is [B]c1c([B])c(-c2c([B])c([B])c(-c3c([B])c([B])c(C)c([B])c3[B])c([B])c2[B])c([B])c([B])c1C. The molecule has 0 aliphatic heterocycles. The monoisotopic (exact) mass is 378 g/mol. The van der Waals surface area contributed by atoms with Crippen LogP contribution in [0.5, 0.6) is 0 Å². The highest BCUT2D eigenvalue weighted by Crippen LogP contribution is 2.13. The quantitative estimate of drug-likeness (QED) is 0.390. The summed E-state index contributed by atoms with van der Waals surface area (Å²) in [5.41, 5.74) is 3.55. The molecular formula is C20H6B12. The van der Waals surface area contributed by atoms with Gasteiger partial charge in [0.25, 0.3) is 0 Å². The summed E-state index contributed by atoms with van der Waals surface area (Å²) in [6.45, 7) is 3.38. The first kappa shape index (κ1) is 25.1. The molecule has 3 aromatic rings. The third kappa shape index (κ3) is 3.48. The molecule has 0 atom stereocenters. The molecule has 122 valence electrons. The van der Waals surface area contributed by atoms with Crippen LogP contribution in [0.3, 0.4) is 0 Å². The molecule has 0 nitrogen and oxygen atoms in total. The lowest BCUT2D eigenvalue weighted by Gasteiger charge is -2.30. The van der Waals surface area contributed by atoms with E-state index in [-0.39, 0.29) is 87.8 Å². The minimum atomic E-state index is 0.0317. The summed E-state index contributed by atoms with van der Waals surface area (Å²) in [6, 6.07) is 0. The minimum Gasteiger partial charge on any atom is -0.101 e. The van der Waals surface area contributed by atoms with E-state index in [1.54, 1.807) is 13.8 Å². The predicted molar refractivity (Wildman–Crippen MR) is 151 cm³/mol. The molecule has 0 unspecified atom stereocenters. The predicted octanol–water partition coefficient (Wildman–Crippen LogP) is -8.84. The van der Waals surface area contributed by atoms with Gasteiger partial charge in [-0.3, -0.25) is 0 Å². The fourth-order valence-electron chi connectivity index (χ4n) is 3.83. The molecule has 32 heavy (non-hydrogen) atoms. The molecule has 0 amide bonds. The van der Waals surface area contributed by atoms with Crippen LogP contribution in [0, 0.1) is 13.8 Å². The zero-order chi connectivity index (χ0) is 24.4. The maximum atomic E-state index is 6.41. The summed E-state index contributed by atoms with van der Waals surface area (Å²) in [6.07, 6.45) is 0. The molecule has 0 N–H and O–H groups in total. The van der Waals surface area contributed by atoms with Crippen molar-refractivity contribution in [3.8, 4) is 22.3 Å². The van der Waals surface area contributed by atoms with Crippen molar-refractivity contribution in [3.05, 3.63) is 11.1 Å². The lowest BCUT2D eigenvalue weighted by Crippen LogP contribution is -2.52. The van der Waals surface area contributed by atoms with Crippen molar-refractivity contribution in [1.82, 2.24) is 0 Å². The van der Waals surface area contributed by atoms with E-state index in [9.17, 15) is 0 Å². The van der Waals surface area contributed by atoms with Gasteiger partial charge in [0.15, 0.2) is 0 Å². The van der Waals surface area contributed by atoms with Crippen LogP contribution in [0.4, 0.5) is 0 Å². The third-order valence-electron chi connectivity index (χ3n) is 6.01. The van der Waals surface area contributed by atoms with E-state index >= 15 is 0 Å². The molecule has 0 aliphatic rings. The highest BCUT2D eigenvalue weighted by Gasteiger charge is 2.22. The van der Waals surface area contributed by atoms with E-state index in [0.29, 0.717) is 11.1 Å². The smallest absolute Gasteiger partial charge is 0.101 e. The van der Waals surface area contributed by atoms with Crippen LogP contribution < -0.4 is 65.6 Å². The first-order valence-corrected chi connectivity index (χ1v) is 9.46. The van der Waals surface area contributed by atoms with E-state index in [1.165, 1.54) is 0 Å². The number of benzene rings is 3. The minimum absolute atomic E-state index is 0.0317. The number of hydrogen-bond acceptors (Lipinski definition) is 0. The van der Waals surface area contributed by atoms with Gasteiger partial charge < -0.3 is 0 Å². The van der Waals surface area contributed by atoms with Gasteiger partial charge >= 0.3 is 0 Å². The zero-order valence-electron chi connectivity index (χ0n) is 17.9. The molecule has 0 bridgehead atoms. The van der Waals surface area contributed by atoms with Crippen LogP contribution >= 0.6 is 0 Å². The van der Waals surface area contributed by atoms with Crippen LogP contribution in [0.25, 0.3) is 22.3 Å². The Labute approximate surface area is 206 Å². The second kappa shape index (κ2) is 8.66. The normalized spacial score (nSPS) is 11.1. The zero-order valence-corrected chi connectivity index (χ0v) is 17.9.